The van der Waals surface area contributed by atoms with Crippen molar-refractivity contribution in [3.63, 3.8) is 0 Å². The molecule has 0 N–H and O–H groups in total. The molecule has 0 saturated heterocycles. The third-order valence-electron chi connectivity index (χ3n) is 1.81. The molecule has 1 aromatic carbocycles. The van der Waals surface area contributed by atoms with E-state index in [4.69, 9.17) is 10.00 Å². The van der Waals surface area contributed by atoms with Gasteiger partial charge in [-0.15, -0.1) is 0 Å². The van der Waals surface area contributed by atoms with Crippen LogP contribution >= 0.6 is 0 Å². The summed E-state index contributed by atoms with van der Waals surface area (Å²) in [6, 6.07) is 10.2. The van der Waals surface area contributed by atoms with Gasteiger partial charge < -0.3 is 9.47 Å². The van der Waals surface area contributed by atoms with E-state index >= 15 is 0 Å². The lowest BCUT2D eigenvalue weighted by atomic mass is 10.3. The minimum absolute atomic E-state index is 0.0703. The average molecular weight is 233 g/mol. The lowest BCUT2D eigenvalue weighted by Gasteiger charge is -2.03. The second-order valence-electron chi connectivity index (χ2n) is 3.11. The zero-order valence-electron chi connectivity index (χ0n) is 9.09. The molecule has 0 aliphatic carbocycles. The maximum atomic E-state index is 11.3. The fraction of sp³-hybridized carbons (Fsp3) is 0.250. The number of hydrogen-bond donors (Lipinski definition) is 0. The van der Waals surface area contributed by atoms with Crippen LogP contribution in [0.4, 0.5) is 0 Å². The van der Waals surface area contributed by atoms with Gasteiger partial charge in [-0.05, 0) is 12.1 Å². The van der Waals surface area contributed by atoms with E-state index in [1.54, 1.807) is 36.4 Å². The van der Waals surface area contributed by atoms with Gasteiger partial charge in [0.15, 0.2) is 6.61 Å². The molecular formula is C12H11NO4. The summed E-state index contributed by atoms with van der Waals surface area (Å²) in [5.41, 5.74) is 0. The van der Waals surface area contributed by atoms with Gasteiger partial charge in [-0.2, -0.15) is 5.26 Å². The first-order valence-electron chi connectivity index (χ1n) is 5.00. The van der Waals surface area contributed by atoms with Gasteiger partial charge in [0, 0.05) is 0 Å². The van der Waals surface area contributed by atoms with Gasteiger partial charge in [0.05, 0.1) is 12.8 Å². The predicted molar refractivity (Wildman–Crippen MR) is 57.9 cm³/mol. The number of rotatable bonds is 5. The normalized spacial score (nSPS) is 9.12. The Morgan fingerprint density at radius 2 is 1.76 bits per heavy atom. The van der Waals surface area contributed by atoms with Crippen molar-refractivity contribution in [2.24, 2.45) is 0 Å². The second kappa shape index (κ2) is 7.01. The summed E-state index contributed by atoms with van der Waals surface area (Å²) in [6.07, 6.45) is -0.160. The summed E-state index contributed by atoms with van der Waals surface area (Å²) >= 11 is 0. The van der Waals surface area contributed by atoms with E-state index in [1.165, 1.54) is 0 Å². The molecule has 0 aromatic heterocycles. The Hall–Kier alpha value is -2.35. The Balaban J connectivity index is 2.27. The summed E-state index contributed by atoms with van der Waals surface area (Å²) in [4.78, 5) is 22.3. The fourth-order valence-electron chi connectivity index (χ4n) is 1.06. The Kier molecular flexibility index (Phi) is 5.25. The van der Waals surface area contributed by atoms with Gasteiger partial charge >= 0.3 is 11.9 Å². The van der Waals surface area contributed by atoms with Crippen molar-refractivity contribution in [1.82, 2.24) is 0 Å². The molecule has 0 saturated carbocycles. The van der Waals surface area contributed by atoms with Crippen molar-refractivity contribution in [1.29, 1.82) is 5.26 Å². The maximum Gasteiger partial charge on any atom is 0.311 e. The SMILES string of the molecule is N#CCOC(=O)CCC(=O)Oc1ccccc1. The van der Waals surface area contributed by atoms with Gasteiger partial charge in [0.25, 0.3) is 0 Å². The summed E-state index contributed by atoms with van der Waals surface area (Å²) in [7, 11) is 0. The Bertz CT molecular complexity index is 422. The number of nitrogens with zero attached hydrogens (tertiary/aromatic N) is 1. The first-order valence-corrected chi connectivity index (χ1v) is 5.00. The molecule has 1 rings (SSSR count). The lowest BCUT2D eigenvalue weighted by Crippen LogP contribution is -2.12. The monoisotopic (exact) mass is 233 g/mol. The van der Waals surface area contributed by atoms with E-state index in [-0.39, 0.29) is 19.4 Å². The first kappa shape index (κ1) is 12.7. The molecule has 0 heterocycles. The van der Waals surface area contributed by atoms with Crippen molar-refractivity contribution >= 4 is 11.9 Å². The van der Waals surface area contributed by atoms with Crippen molar-refractivity contribution in [2.75, 3.05) is 6.61 Å². The highest BCUT2D eigenvalue weighted by atomic mass is 16.5. The Morgan fingerprint density at radius 1 is 1.12 bits per heavy atom. The zero-order valence-corrected chi connectivity index (χ0v) is 9.09. The summed E-state index contributed by atoms with van der Waals surface area (Å²) in [5, 5.41) is 8.17. The van der Waals surface area contributed by atoms with Gasteiger partial charge in [-0.3, -0.25) is 9.59 Å². The quantitative estimate of drug-likeness (QED) is 0.568. The zero-order chi connectivity index (χ0) is 12.5. The molecule has 0 unspecified atom stereocenters. The number of para-hydroxylation sites is 1. The molecule has 0 amide bonds. The highest BCUT2D eigenvalue weighted by molar-refractivity contribution is 5.79. The number of benzene rings is 1. The van der Waals surface area contributed by atoms with Crippen molar-refractivity contribution in [3.8, 4) is 11.8 Å². The third kappa shape index (κ3) is 5.33. The van der Waals surface area contributed by atoms with E-state index in [2.05, 4.69) is 4.74 Å². The second-order valence-corrected chi connectivity index (χ2v) is 3.11. The molecule has 0 bridgehead atoms. The van der Waals surface area contributed by atoms with Crippen LogP contribution in [0.25, 0.3) is 0 Å². The van der Waals surface area contributed by atoms with Crippen LogP contribution in [0.2, 0.25) is 0 Å². The number of esters is 2. The molecule has 0 spiro atoms. The molecule has 0 radical (unpaired) electrons. The average Bonchev–Trinajstić information content (AvgIpc) is 2.35. The Morgan fingerprint density at radius 3 is 2.41 bits per heavy atom. The number of carbonyl (C=O) groups excluding carboxylic acids is 2. The van der Waals surface area contributed by atoms with E-state index in [0.29, 0.717) is 5.75 Å². The standard InChI is InChI=1S/C12H11NO4/c13-8-9-16-11(14)6-7-12(15)17-10-4-2-1-3-5-10/h1-5H,6-7,9H2. The fourth-order valence-corrected chi connectivity index (χ4v) is 1.06. The highest BCUT2D eigenvalue weighted by Crippen LogP contribution is 2.09. The summed E-state index contributed by atoms with van der Waals surface area (Å²) < 4.78 is 9.44. The minimum Gasteiger partial charge on any atom is -0.450 e. The van der Waals surface area contributed by atoms with Gasteiger partial charge in [0.2, 0.25) is 0 Å². The summed E-state index contributed by atoms with van der Waals surface area (Å²) in [5.74, 6) is -0.662. The first-order chi connectivity index (χ1) is 8.22. The van der Waals surface area contributed by atoms with Crippen LogP contribution in [0.3, 0.4) is 0 Å². The van der Waals surface area contributed by atoms with Crippen LogP contribution in [0.5, 0.6) is 5.75 Å². The summed E-state index contributed by atoms with van der Waals surface area (Å²) in [6.45, 7) is -0.299. The number of hydrogen-bond acceptors (Lipinski definition) is 5. The van der Waals surface area contributed by atoms with E-state index < -0.39 is 11.9 Å². The molecule has 17 heavy (non-hydrogen) atoms. The molecule has 5 nitrogen and oxygen atoms in total. The molecule has 0 atom stereocenters. The topological polar surface area (TPSA) is 76.4 Å². The van der Waals surface area contributed by atoms with Gasteiger partial charge in [0.1, 0.15) is 11.8 Å². The van der Waals surface area contributed by atoms with Crippen LogP contribution in [0, 0.1) is 11.3 Å². The molecule has 0 fully saturated rings. The molecule has 5 heteroatoms. The van der Waals surface area contributed by atoms with Crippen molar-refractivity contribution in [2.45, 2.75) is 12.8 Å². The molecule has 0 aliphatic rings. The molecule has 1 aromatic rings. The van der Waals surface area contributed by atoms with E-state index in [1.807, 2.05) is 0 Å². The van der Waals surface area contributed by atoms with Gasteiger partial charge in [-0.25, -0.2) is 0 Å². The number of carbonyl (C=O) groups is 2. The van der Waals surface area contributed by atoms with Crippen LogP contribution < -0.4 is 4.74 Å². The van der Waals surface area contributed by atoms with Crippen molar-refractivity contribution < 1.29 is 19.1 Å². The van der Waals surface area contributed by atoms with Crippen LogP contribution in [0.1, 0.15) is 12.8 Å². The van der Waals surface area contributed by atoms with Crippen molar-refractivity contribution in [3.05, 3.63) is 30.3 Å². The lowest BCUT2D eigenvalue weighted by molar-refractivity contribution is -0.145. The molecular weight excluding hydrogens is 222 g/mol. The largest absolute Gasteiger partial charge is 0.450 e. The van der Waals surface area contributed by atoms with E-state index in [0.717, 1.165) is 0 Å². The maximum absolute atomic E-state index is 11.3. The van der Waals surface area contributed by atoms with Gasteiger partial charge in [-0.1, -0.05) is 18.2 Å². The minimum atomic E-state index is -0.587. The van der Waals surface area contributed by atoms with Crippen LogP contribution in [-0.2, 0) is 14.3 Å². The third-order valence-corrected chi connectivity index (χ3v) is 1.81. The van der Waals surface area contributed by atoms with Crippen LogP contribution in [-0.4, -0.2) is 18.5 Å². The molecule has 88 valence electrons. The number of nitriles is 1. The molecule has 0 aliphatic heterocycles. The smallest absolute Gasteiger partial charge is 0.311 e. The van der Waals surface area contributed by atoms with E-state index in [9.17, 15) is 9.59 Å². The predicted octanol–water partition coefficient (Wildman–Crippen LogP) is 1.44. The van der Waals surface area contributed by atoms with Crippen LogP contribution in [0.15, 0.2) is 30.3 Å². The Labute approximate surface area is 98.6 Å². The number of ether oxygens (including phenoxy) is 2. The highest BCUT2D eigenvalue weighted by Gasteiger charge is 2.09.